The first kappa shape index (κ1) is 50.1. The largest absolute Gasteiger partial charge is 0.496 e. The smallest absolute Gasteiger partial charge is 0.254 e. The van der Waals surface area contributed by atoms with Crippen LogP contribution in [-0.4, -0.2) is 84.7 Å². The average Bonchev–Trinajstić information content (AvgIpc) is 3.42. The number of nitrogens with zero attached hydrogens (tertiary/aromatic N) is 3. The summed E-state index contributed by atoms with van der Waals surface area (Å²) in [5.41, 5.74) is 4.50. The summed E-state index contributed by atoms with van der Waals surface area (Å²) >= 11 is 0. The second kappa shape index (κ2) is 23.2. The SMILES string of the molecule is C=CCO[C@@]12Oc3ccc(Oc4ccc(OC)c(C=O)c4)cc3[C@H]3[C@H](CCCCO)[C@@H](CCCCO)C=C(C(=NOC4CCCCO4)C[C@@H]1N(Cc1cccc4ccccc14)C(=O)c1ccc(C#N)cc1)[C@H]32. The van der Waals surface area contributed by atoms with Crippen molar-refractivity contribution in [3.8, 4) is 29.1 Å². The molecule has 5 aromatic carbocycles. The summed E-state index contributed by atoms with van der Waals surface area (Å²) in [5.74, 6) is -0.838. The minimum absolute atomic E-state index is 0.00407. The van der Waals surface area contributed by atoms with Gasteiger partial charge in [0.25, 0.3) is 5.91 Å². The van der Waals surface area contributed by atoms with E-state index in [4.69, 9.17) is 33.7 Å². The highest BCUT2D eigenvalue weighted by molar-refractivity contribution is 6.03. The van der Waals surface area contributed by atoms with E-state index in [2.05, 4.69) is 36.9 Å². The van der Waals surface area contributed by atoms with Crippen LogP contribution in [0, 0.1) is 29.1 Å². The molecule has 7 atom stereocenters. The highest BCUT2D eigenvalue weighted by atomic mass is 16.8. The van der Waals surface area contributed by atoms with Crippen LogP contribution >= 0.6 is 0 Å². The van der Waals surface area contributed by atoms with Crippen LogP contribution in [0.15, 0.2) is 133 Å². The first-order valence-corrected chi connectivity index (χ1v) is 25.3. The number of allylic oxidation sites excluding steroid dienone is 1. The highest BCUT2D eigenvalue weighted by Crippen LogP contribution is 2.62. The van der Waals surface area contributed by atoms with E-state index < -0.39 is 24.0 Å². The molecule has 72 heavy (non-hydrogen) atoms. The number of aliphatic hydroxyl groups excluding tert-OH is 2. The monoisotopic (exact) mass is 973 g/mol. The Bertz CT molecular complexity index is 2830. The van der Waals surface area contributed by atoms with Gasteiger partial charge >= 0.3 is 0 Å². The Balaban J connectivity index is 1.28. The molecule has 0 spiro atoms. The summed E-state index contributed by atoms with van der Waals surface area (Å²) in [4.78, 5) is 36.1. The zero-order chi connectivity index (χ0) is 50.0. The van der Waals surface area contributed by atoms with Crippen LogP contribution in [0.25, 0.3) is 10.8 Å². The molecule has 1 saturated heterocycles. The number of rotatable bonds is 21. The number of oxime groups is 1. The third-order valence-electron chi connectivity index (χ3n) is 14.7. The maximum Gasteiger partial charge on any atom is 0.254 e. The van der Waals surface area contributed by atoms with Crippen molar-refractivity contribution in [3.05, 3.63) is 155 Å². The number of unbranched alkanes of at least 4 members (excludes halogenated alkanes) is 2. The Hall–Kier alpha value is -6.82. The standard InChI is InChI=1S/C59H63N3O10/c1-3-30-69-59-54(62(58(66)41-22-20-39(36-60)21-23-41)37-43-16-12-15-40-13-4-5-17-47(40)43)35-51(61-72-55-19-8-11-31-68-55)49-33-42(14-6-9-28-63)48(18-7-10-29-64)56(57(49)59)50-34-46(25-27-53(50)71-59)70-45-24-26-52(67-2)44(32-45)38-65/h3-5,12-13,15-17,20-27,32-34,38,42,48,54-57,63-64H,1,6-11,14,18-19,28-31,35,37H2,2H3/t42-,48+,54-,55?,56+,57+,59+/m0/s1. The second-order valence-corrected chi connectivity index (χ2v) is 19.1. The van der Waals surface area contributed by atoms with Crippen LogP contribution in [-0.2, 0) is 20.9 Å². The quantitative estimate of drug-likeness (QED) is 0.0311. The number of hydrogen-bond acceptors (Lipinski definition) is 12. The van der Waals surface area contributed by atoms with Crippen LogP contribution in [0.3, 0.4) is 0 Å². The van der Waals surface area contributed by atoms with Crippen molar-refractivity contribution >= 4 is 28.7 Å². The van der Waals surface area contributed by atoms with E-state index in [1.54, 1.807) is 48.5 Å². The maximum atomic E-state index is 15.7. The number of fused-ring (bicyclic) bond motifs is 3. The Labute approximate surface area is 421 Å². The second-order valence-electron chi connectivity index (χ2n) is 19.1. The van der Waals surface area contributed by atoms with E-state index in [0.717, 1.165) is 72.3 Å². The molecule has 4 aliphatic rings. The molecule has 0 bridgehead atoms. The predicted octanol–water partition coefficient (Wildman–Crippen LogP) is 10.8. The highest BCUT2D eigenvalue weighted by Gasteiger charge is 2.65. The summed E-state index contributed by atoms with van der Waals surface area (Å²) < 4.78 is 32.9. The van der Waals surface area contributed by atoms with Crippen molar-refractivity contribution in [1.82, 2.24) is 4.90 Å². The van der Waals surface area contributed by atoms with Crippen molar-refractivity contribution in [2.24, 2.45) is 22.9 Å². The van der Waals surface area contributed by atoms with Gasteiger partial charge in [0.1, 0.15) is 29.0 Å². The number of methoxy groups -OCH3 is 1. The van der Waals surface area contributed by atoms with E-state index in [1.165, 1.54) is 7.11 Å². The third kappa shape index (κ3) is 10.4. The van der Waals surface area contributed by atoms with Gasteiger partial charge in [-0.3, -0.25) is 9.59 Å². The topological polar surface area (TPSA) is 169 Å². The molecule has 2 fully saturated rings. The first-order valence-electron chi connectivity index (χ1n) is 25.3. The molecule has 5 aromatic rings. The molecule has 13 heteroatoms. The van der Waals surface area contributed by atoms with Gasteiger partial charge in [-0.05, 0) is 133 Å². The van der Waals surface area contributed by atoms with Crippen LogP contribution in [0.2, 0.25) is 0 Å². The lowest BCUT2D eigenvalue weighted by atomic mass is 9.55. The summed E-state index contributed by atoms with van der Waals surface area (Å²) in [5, 5.41) is 37.1. The van der Waals surface area contributed by atoms with Crippen molar-refractivity contribution < 1.29 is 48.3 Å². The van der Waals surface area contributed by atoms with Gasteiger partial charge < -0.3 is 43.6 Å². The Morgan fingerprint density at radius 2 is 1.72 bits per heavy atom. The number of carbonyl (C=O) groups excluding carboxylic acids is 2. The number of hydrogen-bond donors (Lipinski definition) is 2. The fourth-order valence-corrected chi connectivity index (χ4v) is 11.4. The molecule has 1 amide bonds. The number of carbonyl (C=O) groups is 2. The Kier molecular flexibility index (Phi) is 16.1. The summed E-state index contributed by atoms with van der Waals surface area (Å²) in [6, 6.07) is 33.1. The Morgan fingerprint density at radius 1 is 0.944 bits per heavy atom. The van der Waals surface area contributed by atoms with Crippen molar-refractivity contribution in [3.63, 3.8) is 0 Å². The molecule has 2 aliphatic carbocycles. The lowest BCUT2D eigenvalue weighted by Gasteiger charge is -2.60. The van der Waals surface area contributed by atoms with Gasteiger partial charge in [0.05, 0.1) is 49.1 Å². The number of aldehydes is 1. The summed E-state index contributed by atoms with van der Waals surface area (Å²) in [6.07, 6.45) is 11.2. The number of aliphatic hydroxyl groups is 2. The molecule has 0 radical (unpaired) electrons. The molecular formula is C59H63N3O10. The molecule has 0 aromatic heterocycles. The minimum atomic E-state index is -1.55. The maximum absolute atomic E-state index is 15.7. The van der Waals surface area contributed by atoms with Crippen molar-refractivity contribution in [1.29, 1.82) is 5.26 Å². The molecule has 2 aliphatic heterocycles. The molecule has 374 valence electrons. The van der Waals surface area contributed by atoms with Crippen molar-refractivity contribution in [2.75, 3.05) is 33.5 Å². The van der Waals surface area contributed by atoms with Gasteiger partial charge in [-0.25, -0.2) is 0 Å². The predicted molar refractivity (Wildman–Crippen MR) is 273 cm³/mol. The van der Waals surface area contributed by atoms with Crippen LogP contribution < -0.4 is 14.2 Å². The number of benzene rings is 5. The Morgan fingerprint density at radius 3 is 2.47 bits per heavy atom. The van der Waals surface area contributed by atoms with Gasteiger partial charge in [0.2, 0.25) is 12.1 Å². The minimum Gasteiger partial charge on any atom is -0.496 e. The molecular weight excluding hydrogens is 911 g/mol. The van der Waals surface area contributed by atoms with Crippen LogP contribution in [0.4, 0.5) is 0 Å². The van der Waals surface area contributed by atoms with Gasteiger partial charge in [-0.2, -0.15) is 5.26 Å². The zero-order valence-electron chi connectivity index (χ0n) is 40.8. The first-order chi connectivity index (χ1) is 35.3. The number of ether oxygens (including phenoxy) is 5. The van der Waals surface area contributed by atoms with Gasteiger partial charge in [0, 0.05) is 49.6 Å². The van der Waals surface area contributed by atoms with E-state index in [9.17, 15) is 20.3 Å². The van der Waals surface area contributed by atoms with Crippen LogP contribution in [0.5, 0.6) is 23.0 Å². The molecule has 13 nitrogen and oxygen atoms in total. The zero-order valence-corrected chi connectivity index (χ0v) is 40.8. The van der Waals surface area contributed by atoms with E-state index in [0.29, 0.717) is 71.3 Å². The molecule has 2 N–H and O–H groups in total. The summed E-state index contributed by atoms with van der Waals surface area (Å²) in [7, 11) is 1.51. The molecule has 2 heterocycles. The van der Waals surface area contributed by atoms with Crippen molar-refractivity contribution in [2.45, 2.75) is 94.8 Å². The molecule has 1 unspecified atom stereocenters. The summed E-state index contributed by atoms with van der Waals surface area (Å²) in [6.45, 7) is 5.03. The third-order valence-corrected chi connectivity index (χ3v) is 14.7. The fourth-order valence-electron chi connectivity index (χ4n) is 11.4. The van der Waals surface area contributed by atoms with E-state index >= 15 is 4.79 Å². The molecule has 1 saturated carbocycles. The molecule has 9 rings (SSSR count). The number of amides is 1. The van der Waals surface area contributed by atoms with E-state index in [1.807, 2.05) is 47.4 Å². The number of nitriles is 1. The van der Waals surface area contributed by atoms with Gasteiger partial charge in [-0.15, -0.1) is 6.58 Å². The lowest BCUT2D eigenvalue weighted by molar-refractivity contribution is -0.255. The van der Waals surface area contributed by atoms with Crippen LogP contribution in [0.1, 0.15) is 108 Å². The van der Waals surface area contributed by atoms with E-state index in [-0.39, 0.29) is 56.4 Å². The fraction of sp³-hybridized carbons (Fsp3) is 0.390. The lowest BCUT2D eigenvalue weighted by Crippen LogP contribution is -2.70. The van der Waals surface area contributed by atoms with Gasteiger partial charge in [0.15, 0.2) is 6.29 Å². The van der Waals surface area contributed by atoms with Gasteiger partial charge in [-0.1, -0.05) is 72.6 Å². The average molecular weight is 974 g/mol. The normalized spacial score (nSPS) is 23.6.